The largest absolute Gasteiger partial charge is 0.357 e. The second-order valence-electron chi connectivity index (χ2n) is 5.71. The molecule has 0 aromatic carbocycles. The molecule has 0 bridgehead atoms. The van der Waals surface area contributed by atoms with Gasteiger partial charge in [0, 0.05) is 42.9 Å². The fourth-order valence-electron chi connectivity index (χ4n) is 2.67. The number of hydrogen-bond donors (Lipinski definition) is 2. The molecule has 0 radical (unpaired) electrons. The molecule has 1 unspecified atom stereocenters. The number of thioether (sulfide) groups is 1. The van der Waals surface area contributed by atoms with Crippen molar-refractivity contribution >= 4 is 41.7 Å². The van der Waals surface area contributed by atoms with Crippen LogP contribution in [0.2, 0.25) is 0 Å². The third-order valence-electron chi connectivity index (χ3n) is 4.03. The smallest absolute Gasteiger partial charge is 0.193 e. The number of aromatic amines is 1. The summed E-state index contributed by atoms with van der Waals surface area (Å²) in [7, 11) is 0. The first-order valence-electron chi connectivity index (χ1n) is 8.38. The Kier molecular flexibility index (Phi) is 10.0. The highest BCUT2D eigenvalue weighted by atomic mass is 127. The van der Waals surface area contributed by atoms with Crippen molar-refractivity contribution in [1.82, 2.24) is 20.4 Å². The molecular weight excluding hydrogens is 421 g/mol. The highest BCUT2D eigenvalue weighted by Crippen LogP contribution is 2.21. The van der Waals surface area contributed by atoms with Gasteiger partial charge < -0.3 is 10.2 Å². The quantitative estimate of drug-likeness (QED) is 0.302. The molecular formula is C16H30IN5S. The molecule has 0 spiro atoms. The van der Waals surface area contributed by atoms with E-state index < -0.39 is 0 Å². The van der Waals surface area contributed by atoms with E-state index in [1.165, 1.54) is 23.4 Å². The van der Waals surface area contributed by atoms with Gasteiger partial charge >= 0.3 is 0 Å². The van der Waals surface area contributed by atoms with Crippen LogP contribution < -0.4 is 5.32 Å². The monoisotopic (exact) mass is 451 g/mol. The van der Waals surface area contributed by atoms with Gasteiger partial charge in [-0.3, -0.25) is 10.1 Å². The molecule has 2 rings (SSSR count). The molecule has 0 aliphatic carbocycles. The molecule has 1 aromatic heterocycles. The summed E-state index contributed by atoms with van der Waals surface area (Å²) in [6.07, 6.45) is 5.27. The molecule has 1 fully saturated rings. The van der Waals surface area contributed by atoms with Gasteiger partial charge in [-0.25, -0.2) is 0 Å². The van der Waals surface area contributed by atoms with Crippen LogP contribution in [-0.4, -0.2) is 58.2 Å². The van der Waals surface area contributed by atoms with Crippen molar-refractivity contribution in [2.24, 2.45) is 4.99 Å². The van der Waals surface area contributed by atoms with Crippen LogP contribution in [-0.2, 0) is 6.42 Å². The fourth-order valence-corrected chi connectivity index (χ4v) is 3.85. The Bertz CT molecular complexity index is 477. The summed E-state index contributed by atoms with van der Waals surface area (Å²) in [4.78, 5) is 7.25. The van der Waals surface area contributed by atoms with Gasteiger partial charge in [-0.15, -0.1) is 24.0 Å². The highest BCUT2D eigenvalue weighted by molar-refractivity contribution is 14.0. The first kappa shape index (κ1) is 20.6. The number of rotatable bonds is 6. The minimum Gasteiger partial charge on any atom is -0.357 e. The highest BCUT2D eigenvalue weighted by Gasteiger charge is 2.21. The minimum atomic E-state index is 0. The van der Waals surface area contributed by atoms with E-state index in [2.05, 4.69) is 52.9 Å². The minimum absolute atomic E-state index is 0. The third kappa shape index (κ3) is 6.52. The van der Waals surface area contributed by atoms with Gasteiger partial charge in [0.2, 0.25) is 0 Å². The summed E-state index contributed by atoms with van der Waals surface area (Å²) < 4.78 is 0. The first-order valence-corrected chi connectivity index (χ1v) is 9.43. The van der Waals surface area contributed by atoms with E-state index >= 15 is 0 Å². The normalized spacial score (nSPS) is 18.7. The van der Waals surface area contributed by atoms with E-state index in [9.17, 15) is 0 Å². The molecule has 1 saturated heterocycles. The lowest BCUT2D eigenvalue weighted by molar-refractivity contribution is 0.408. The van der Waals surface area contributed by atoms with E-state index in [4.69, 9.17) is 4.99 Å². The summed E-state index contributed by atoms with van der Waals surface area (Å²) in [5.41, 5.74) is 2.48. The number of H-pyrrole nitrogens is 1. The Hall–Kier alpha value is -0.440. The van der Waals surface area contributed by atoms with Crippen LogP contribution in [0.1, 0.15) is 37.9 Å². The van der Waals surface area contributed by atoms with Crippen molar-refractivity contribution in [3.05, 3.63) is 17.5 Å². The molecule has 23 heavy (non-hydrogen) atoms. The van der Waals surface area contributed by atoms with Gasteiger partial charge in [0.1, 0.15) is 0 Å². The molecule has 1 aromatic rings. The zero-order valence-corrected chi connectivity index (χ0v) is 17.6. The summed E-state index contributed by atoms with van der Waals surface area (Å²) in [5.74, 6) is 2.29. The van der Waals surface area contributed by atoms with E-state index in [1.807, 2.05) is 6.20 Å². The topological polar surface area (TPSA) is 56.3 Å². The lowest BCUT2D eigenvalue weighted by Gasteiger charge is -2.34. The second-order valence-corrected chi connectivity index (χ2v) is 7.11. The molecule has 1 aliphatic heterocycles. The fraction of sp³-hybridized carbons (Fsp3) is 0.750. The predicted octanol–water partition coefficient (Wildman–Crippen LogP) is 3.06. The van der Waals surface area contributed by atoms with Crippen molar-refractivity contribution in [2.45, 2.75) is 45.3 Å². The molecule has 7 heteroatoms. The number of aryl methyl sites for hydroxylation is 2. The zero-order valence-electron chi connectivity index (χ0n) is 14.5. The van der Waals surface area contributed by atoms with Gasteiger partial charge in [0.05, 0.1) is 6.20 Å². The second kappa shape index (κ2) is 11.2. The maximum Gasteiger partial charge on any atom is 0.193 e. The summed E-state index contributed by atoms with van der Waals surface area (Å²) >= 11 is 2.10. The summed E-state index contributed by atoms with van der Waals surface area (Å²) in [6.45, 7) is 10.5. The Morgan fingerprint density at radius 1 is 1.52 bits per heavy atom. The predicted molar refractivity (Wildman–Crippen MR) is 111 cm³/mol. The summed E-state index contributed by atoms with van der Waals surface area (Å²) in [6, 6.07) is 0. The molecule has 0 amide bonds. The maximum atomic E-state index is 4.83. The van der Waals surface area contributed by atoms with Gasteiger partial charge in [-0.05, 0) is 38.7 Å². The van der Waals surface area contributed by atoms with Crippen LogP contribution in [0.15, 0.2) is 11.2 Å². The van der Waals surface area contributed by atoms with Crippen LogP contribution in [0.4, 0.5) is 0 Å². The standard InChI is InChI=1S/C16H29N5S.HI/c1-4-15-12-21(9-10-22-15)16(17-5-2)18-8-6-7-14-11-19-20-13(14)3;/h11,15H,4-10,12H2,1-3H3,(H,17,18)(H,19,20);1H. The molecule has 1 atom stereocenters. The number of halogens is 1. The van der Waals surface area contributed by atoms with E-state index in [1.54, 1.807) is 0 Å². The van der Waals surface area contributed by atoms with Crippen molar-refractivity contribution in [1.29, 1.82) is 0 Å². The van der Waals surface area contributed by atoms with Gasteiger partial charge in [-0.1, -0.05) is 6.92 Å². The molecule has 2 heterocycles. The Morgan fingerprint density at radius 3 is 3.00 bits per heavy atom. The molecule has 5 nitrogen and oxygen atoms in total. The Balaban J connectivity index is 0.00000264. The molecule has 2 N–H and O–H groups in total. The number of aliphatic imine (C=N–C) groups is 1. The first-order chi connectivity index (χ1) is 10.7. The van der Waals surface area contributed by atoms with Crippen LogP contribution >= 0.6 is 35.7 Å². The number of nitrogens with zero attached hydrogens (tertiary/aromatic N) is 3. The summed E-state index contributed by atoms with van der Waals surface area (Å²) in [5, 5.41) is 11.3. The molecule has 1 aliphatic rings. The van der Waals surface area contributed by atoms with E-state index in [0.29, 0.717) is 0 Å². The van der Waals surface area contributed by atoms with E-state index in [-0.39, 0.29) is 24.0 Å². The number of guanidine groups is 1. The number of hydrogen-bond acceptors (Lipinski definition) is 3. The Morgan fingerprint density at radius 2 is 2.35 bits per heavy atom. The van der Waals surface area contributed by atoms with Crippen LogP contribution in [0.5, 0.6) is 0 Å². The van der Waals surface area contributed by atoms with Crippen molar-refractivity contribution in [3.63, 3.8) is 0 Å². The lowest BCUT2D eigenvalue weighted by Crippen LogP contribution is -2.48. The van der Waals surface area contributed by atoms with Crippen LogP contribution in [0.25, 0.3) is 0 Å². The van der Waals surface area contributed by atoms with Crippen molar-refractivity contribution < 1.29 is 0 Å². The SMILES string of the molecule is CCNC(=NCCCc1cn[nH]c1C)N1CCSC(CC)C1.I. The molecule has 0 saturated carbocycles. The van der Waals surface area contributed by atoms with Crippen LogP contribution in [0, 0.1) is 6.92 Å². The van der Waals surface area contributed by atoms with E-state index in [0.717, 1.165) is 50.2 Å². The van der Waals surface area contributed by atoms with Crippen LogP contribution in [0.3, 0.4) is 0 Å². The number of aromatic nitrogens is 2. The van der Waals surface area contributed by atoms with Gasteiger partial charge in [-0.2, -0.15) is 16.9 Å². The average molecular weight is 451 g/mol. The number of nitrogens with one attached hydrogen (secondary N) is 2. The van der Waals surface area contributed by atoms with Gasteiger partial charge in [0.25, 0.3) is 0 Å². The van der Waals surface area contributed by atoms with Gasteiger partial charge in [0.15, 0.2) is 5.96 Å². The average Bonchev–Trinajstić information content (AvgIpc) is 2.95. The van der Waals surface area contributed by atoms with Crippen molar-refractivity contribution in [2.75, 3.05) is 31.9 Å². The zero-order chi connectivity index (χ0) is 15.8. The lowest BCUT2D eigenvalue weighted by atomic mass is 10.1. The third-order valence-corrected chi connectivity index (χ3v) is 5.40. The van der Waals surface area contributed by atoms with Crippen molar-refractivity contribution in [3.8, 4) is 0 Å². The molecule has 132 valence electrons. The maximum absolute atomic E-state index is 4.83. The Labute approximate surface area is 161 Å².